The Morgan fingerprint density at radius 2 is 0.761 bits per heavy atom. The van der Waals surface area contributed by atoms with Crippen LogP contribution in [0.3, 0.4) is 0 Å². The lowest BCUT2D eigenvalue weighted by molar-refractivity contribution is -0.136. The zero-order chi connectivity index (χ0) is 66.0. The maximum absolute atomic E-state index is 14.5. The lowest BCUT2D eigenvalue weighted by Crippen LogP contribution is -2.60. The van der Waals surface area contributed by atoms with Crippen LogP contribution in [0.1, 0.15) is 188 Å². The number of nitrogens with zero attached hydrogens (tertiary/aromatic N) is 2. The van der Waals surface area contributed by atoms with Gasteiger partial charge < -0.3 is 87.4 Å². The molecule has 0 bridgehead atoms. The molecule has 10 amide bonds. The Morgan fingerprint density at radius 3 is 1.09 bits per heavy atom. The van der Waals surface area contributed by atoms with Gasteiger partial charge in [-0.05, 0) is 81.9 Å². The summed E-state index contributed by atoms with van der Waals surface area (Å²) < 4.78 is 0. The van der Waals surface area contributed by atoms with Gasteiger partial charge in [-0.15, -0.1) is 0 Å². The first kappa shape index (κ1) is 78.6. The fourth-order valence-electron chi connectivity index (χ4n) is 9.10. The van der Waals surface area contributed by atoms with Gasteiger partial charge in [-0.25, -0.2) is 0 Å². The average Bonchev–Trinajstić information content (AvgIpc) is 3.68. The second kappa shape index (κ2) is 45.8. The SMILES string of the molecule is CCCC[C@@H](NC(=O)[C@H](N)CCCN=CC(N)N)C(=O)N[C@H](CCCC)C(=O)N[C@H](CCCC)C(=O)N[C@H](CCCN=C(N)N)C(=O)N[C@H](CCCC)C(=O)N[C@H](CCCC)C(=O)N[C@H](CCCC)C(=O)NCC(=O)N[C@H](Cc1ccc(O)cc1)C(N)=O. The monoisotopic (exact) mass is 1240 g/mol. The molecule has 0 fully saturated rings. The van der Waals surface area contributed by atoms with Crippen molar-refractivity contribution >= 4 is 71.2 Å². The van der Waals surface area contributed by atoms with Crippen molar-refractivity contribution < 1.29 is 53.1 Å². The minimum atomic E-state index is -1.29. The van der Waals surface area contributed by atoms with Crippen molar-refractivity contribution in [3.05, 3.63) is 29.8 Å². The van der Waals surface area contributed by atoms with Crippen LogP contribution in [0.4, 0.5) is 0 Å². The molecule has 1 aromatic carbocycles. The van der Waals surface area contributed by atoms with Gasteiger partial charge in [0.2, 0.25) is 59.1 Å². The number of nitrogens with one attached hydrogen (secondary N) is 9. The summed E-state index contributed by atoms with van der Waals surface area (Å²) in [7, 11) is 0. The van der Waals surface area contributed by atoms with E-state index in [0.29, 0.717) is 95.6 Å². The molecule has 0 aliphatic carbocycles. The fraction of sp³-hybridized carbons (Fsp3) is 0.700. The highest BCUT2D eigenvalue weighted by atomic mass is 16.3. The Bertz CT molecular complexity index is 2360. The molecule has 0 unspecified atom stereocenters. The molecule has 1 aromatic rings. The number of aromatic hydroxyl groups is 1. The number of carbonyl (C=O) groups excluding carboxylic acids is 10. The average molecular weight is 1240 g/mol. The predicted octanol–water partition coefficient (Wildman–Crippen LogP) is 0.0312. The Morgan fingerprint density at radius 1 is 0.432 bits per heavy atom. The van der Waals surface area contributed by atoms with Crippen LogP contribution in [0.5, 0.6) is 5.75 Å². The van der Waals surface area contributed by atoms with Crippen molar-refractivity contribution in [2.24, 2.45) is 44.4 Å². The van der Waals surface area contributed by atoms with Gasteiger partial charge in [0.25, 0.3) is 0 Å². The topological polar surface area (TPSA) is 480 Å². The number of unbranched alkanes of at least 4 members (excludes halogenated alkanes) is 6. The lowest BCUT2D eigenvalue weighted by Gasteiger charge is -2.28. The van der Waals surface area contributed by atoms with E-state index in [-0.39, 0.29) is 82.5 Å². The highest BCUT2D eigenvalue weighted by Gasteiger charge is 2.34. The van der Waals surface area contributed by atoms with Crippen LogP contribution in [0, 0.1) is 0 Å². The highest BCUT2D eigenvalue weighted by Crippen LogP contribution is 2.14. The van der Waals surface area contributed by atoms with Crippen LogP contribution in [0.25, 0.3) is 0 Å². The molecular formula is C60H107N17O11. The summed E-state index contributed by atoms with van der Waals surface area (Å²) in [5.41, 5.74) is 34.5. The van der Waals surface area contributed by atoms with Crippen LogP contribution < -0.4 is 82.3 Å². The largest absolute Gasteiger partial charge is 0.508 e. The summed E-state index contributed by atoms with van der Waals surface area (Å²) in [5.74, 6) is -7.04. The number of rotatable bonds is 48. The standard InChI is InChI=1S/C60H107N17O11/c1-7-13-22-41(53(82)69-37-50(79)70-48(51(64)80)35-38-29-31-39(78)32-30-38)72-55(84)43(24-15-9-3)74-57(86)45(26-17-11-5)76-59(88)47(28-20-34-68-60(65)66)77-58(87)46(27-18-12-6)75-56(85)44(25-16-10-4)73-54(83)42(23-14-8-2)71-52(81)40(61)21-19-33-67-36-49(62)63/h29-32,36,40-49,78H,7-28,33-35,37,61-63H2,1-6H3,(H2,64,80)(H,69,82)(H,70,79)(H,71,81)(H,72,84)(H,73,83)(H,74,86)(H,75,85)(H,76,88)(H,77,87)(H4,65,66,68)/t40-,41-,42-,43-,44-,45-,46-,47-,48-/m1/s1. The normalized spacial score (nSPS) is 14.3. The minimum absolute atomic E-state index is 0.0124. The van der Waals surface area contributed by atoms with E-state index < -0.39 is 126 Å². The van der Waals surface area contributed by atoms with Gasteiger partial charge in [0, 0.05) is 25.7 Å². The number of guanidine groups is 1. The molecule has 0 heterocycles. The highest BCUT2D eigenvalue weighted by molar-refractivity contribution is 5.98. The van der Waals surface area contributed by atoms with E-state index in [0.717, 1.165) is 0 Å². The third-order valence-corrected chi connectivity index (χ3v) is 14.3. The zero-order valence-corrected chi connectivity index (χ0v) is 52.9. The molecule has 88 heavy (non-hydrogen) atoms. The summed E-state index contributed by atoms with van der Waals surface area (Å²) >= 11 is 0. The molecule has 0 saturated heterocycles. The summed E-state index contributed by atoms with van der Waals surface area (Å²) in [6.45, 7) is 11.3. The fourth-order valence-corrected chi connectivity index (χ4v) is 9.10. The van der Waals surface area contributed by atoms with Crippen LogP contribution in [-0.4, -0.2) is 157 Å². The van der Waals surface area contributed by atoms with Crippen LogP contribution in [0.15, 0.2) is 34.3 Å². The molecule has 498 valence electrons. The number of amides is 10. The number of hydrogen-bond acceptors (Lipinski definition) is 16. The number of carbonyl (C=O) groups is 10. The number of nitrogens with two attached hydrogens (primary N) is 6. The van der Waals surface area contributed by atoms with E-state index in [1.807, 2.05) is 41.5 Å². The van der Waals surface area contributed by atoms with Gasteiger partial charge >= 0.3 is 0 Å². The Kier molecular flexibility index (Phi) is 40.9. The molecule has 9 atom stereocenters. The predicted molar refractivity (Wildman–Crippen MR) is 339 cm³/mol. The molecule has 0 saturated carbocycles. The number of hydrogen-bond donors (Lipinski definition) is 16. The maximum Gasteiger partial charge on any atom is 0.243 e. The smallest absolute Gasteiger partial charge is 0.243 e. The van der Waals surface area contributed by atoms with Crippen LogP contribution in [-0.2, 0) is 54.4 Å². The summed E-state index contributed by atoms with van der Waals surface area (Å²) in [4.78, 5) is 146. The maximum atomic E-state index is 14.5. The Balaban J connectivity index is 3.44. The van der Waals surface area contributed by atoms with E-state index in [1.54, 1.807) is 12.1 Å². The number of primary amides is 1. The van der Waals surface area contributed by atoms with Gasteiger partial charge in [0.15, 0.2) is 5.96 Å². The molecule has 28 heteroatoms. The first-order chi connectivity index (χ1) is 41.9. The zero-order valence-electron chi connectivity index (χ0n) is 52.9. The van der Waals surface area contributed by atoms with E-state index in [9.17, 15) is 53.1 Å². The van der Waals surface area contributed by atoms with Gasteiger partial charge in [-0.1, -0.05) is 131 Å². The molecule has 1 rings (SSSR count). The number of aliphatic imine (C=N–C) groups is 2. The molecule has 0 aliphatic rings. The van der Waals surface area contributed by atoms with E-state index in [2.05, 4.69) is 57.8 Å². The van der Waals surface area contributed by atoms with Gasteiger partial charge in [0.1, 0.15) is 54.1 Å². The quantitative estimate of drug-likeness (QED) is 0.0177. The first-order valence-electron chi connectivity index (χ1n) is 31.5. The van der Waals surface area contributed by atoms with Crippen molar-refractivity contribution in [3.8, 4) is 5.75 Å². The number of benzene rings is 1. The Hall–Kier alpha value is -7.46. The van der Waals surface area contributed by atoms with Gasteiger partial charge in [-0.3, -0.25) is 57.9 Å². The van der Waals surface area contributed by atoms with E-state index in [1.165, 1.54) is 18.3 Å². The Labute approximate surface area is 519 Å². The summed E-state index contributed by atoms with van der Waals surface area (Å²) in [6.07, 6.45) is 9.73. The lowest BCUT2D eigenvalue weighted by atomic mass is 10.0. The first-order valence-corrected chi connectivity index (χ1v) is 31.5. The molecule has 0 aromatic heterocycles. The summed E-state index contributed by atoms with van der Waals surface area (Å²) in [5, 5.41) is 34.2. The van der Waals surface area contributed by atoms with Crippen molar-refractivity contribution in [2.45, 2.75) is 250 Å². The van der Waals surface area contributed by atoms with E-state index >= 15 is 0 Å². The second-order valence-electron chi connectivity index (χ2n) is 22.2. The molecule has 28 nitrogen and oxygen atoms in total. The molecular weight excluding hydrogens is 1130 g/mol. The third kappa shape index (κ3) is 33.6. The third-order valence-electron chi connectivity index (χ3n) is 14.3. The van der Waals surface area contributed by atoms with Crippen LogP contribution >= 0.6 is 0 Å². The number of phenolic OH excluding ortho intramolecular Hbond substituents is 1. The van der Waals surface area contributed by atoms with Crippen molar-refractivity contribution in [1.82, 2.24) is 47.9 Å². The second-order valence-corrected chi connectivity index (χ2v) is 22.2. The van der Waals surface area contributed by atoms with Crippen molar-refractivity contribution in [3.63, 3.8) is 0 Å². The molecule has 0 spiro atoms. The van der Waals surface area contributed by atoms with E-state index in [4.69, 9.17) is 34.4 Å². The molecule has 0 aliphatic heterocycles. The van der Waals surface area contributed by atoms with Crippen molar-refractivity contribution in [1.29, 1.82) is 0 Å². The number of phenols is 1. The molecule has 0 radical (unpaired) electrons. The molecule has 22 N–H and O–H groups in total. The minimum Gasteiger partial charge on any atom is -0.508 e. The van der Waals surface area contributed by atoms with Crippen molar-refractivity contribution in [2.75, 3.05) is 19.6 Å². The summed E-state index contributed by atoms with van der Waals surface area (Å²) in [6, 6.07) is -4.20. The van der Waals surface area contributed by atoms with Gasteiger partial charge in [0.05, 0.1) is 18.8 Å². The van der Waals surface area contributed by atoms with Crippen LogP contribution in [0.2, 0.25) is 0 Å². The van der Waals surface area contributed by atoms with Gasteiger partial charge in [-0.2, -0.15) is 0 Å².